The lowest BCUT2D eigenvalue weighted by Crippen LogP contribution is -2.22. The second-order valence-electron chi connectivity index (χ2n) is 3.78. The van der Waals surface area contributed by atoms with E-state index in [9.17, 15) is 4.79 Å². The molecule has 1 heterocycles. The van der Waals surface area contributed by atoms with E-state index < -0.39 is 0 Å². The average molecular weight is 210 g/mol. The number of carbonyl (C=O) groups is 1. The van der Waals surface area contributed by atoms with Crippen LogP contribution in [0.3, 0.4) is 0 Å². The second-order valence-corrected chi connectivity index (χ2v) is 4.14. The zero-order chi connectivity index (χ0) is 10.1. The number of hydrogen-bond acceptors (Lipinski definition) is 2. The van der Waals surface area contributed by atoms with Gasteiger partial charge in [-0.3, -0.25) is 4.79 Å². The van der Waals surface area contributed by atoms with Gasteiger partial charge in [-0.25, -0.2) is 4.98 Å². The van der Waals surface area contributed by atoms with E-state index in [0.29, 0.717) is 10.7 Å². The van der Waals surface area contributed by atoms with Crippen molar-refractivity contribution in [3.8, 4) is 0 Å². The topological polar surface area (TPSA) is 30.0 Å². The number of aromatic nitrogens is 1. The molecule has 1 aliphatic rings. The van der Waals surface area contributed by atoms with Crippen LogP contribution in [-0.4, -0.2) is 10.8 Å². The van der Waals surface area contributed by atoms with Crippen LogP contribution in [0.4, 0.5) is 0 Å². The zero-order valence-electron chi connectivity index (χ0n) is 8.09. The zero-order valence-corrected chi connectivity index (χ0v) is 8.84. The Labute approximate surface area is 88.3 Å². The molecule has 1 fully saturated rings. The Hall–Kier alpha value is -0.890. The summed E-state index contributed by atoms with van der Waals surface area (Å²) in [4.78, 5) is 15.9. The molecule has 0 amide bonds. The smallest absolute Gasteiger partial charge is 0.169 e. The molecule has 0 unspecified atom stereocenters. The van der Waals surface area contributed by atoms with Gasteiger partial charge in [0, 0.05) is 11.6 Å². The summed E-state index contributed by atoms with van der Waals surface area (Å²) in [7, 11) is 0. The highest BCUT2D eigenvalue weighted by Crippen LogP contribution is 2.31. The van der Waals surface area contributed by atoms with Gasteiger partial charge in [0.1, 0.15) is 5.15 Å². The number of ketones is 1. The lowest BCUT2D eigenvalue weighted by Gasteiger charge is -2.23. The number of pyridine rings is 1. The predicted molar refractivity (Wildman–Crippen MR) is 55.7 cm³/mol. The van der Waals surface area contributed by atoms with Gasteiger partial charge in [-0.05, 0) is 31.9 Å². The minimum Gasteiger partial charge on any atom is -0.294 e. The Morgan fingerprint density at radius 1 is 1.50 bits per heavy atom. The van der Waals surface area contributed by atoms with Gasteiger partial charge in [-0.2, -0.15) is 0 Å². The Balaban J connectivity index is 2.26. The molecule has 0 bridgehead atoms. The third-order valence-corrected chi connectivity index (χ3v) is 3.02. The maximum absolute atomic E-state index is 11.8. The first-order chi connectivity index (χ1) is 6.68. The van der Waals surface area contributed by atoms with Crippen LogP contribution in [0, 0.1) is 12.8 Å². The van der Waals surface area contributed by atoms with Gasteiger partial charge < -0.3 is 0 Å². The number of aryl methyl sites for hydroxylation is 1. The van der Waals surface area contributed by atoms with Crippen LogP contribution in [0.2, 0.25) is 5.15 Å². The van der Waals surface area contributed by atoms with Crippen molar-refractivity contribution in [1.29, 1.82) is 0 Å². The molecule has 0 aliphatic heterocycles. The Kier molecular flexibility index (Phi) is 2.55. The lowest BCUT2D eigenvalue weighted by atomic mass is 9.80. The van der Waals surface area contributed by atoms with Gasteiger partial charge in [0.25, 0.3) is 0 Å². The molecular formula is C11H12ClNO. The fraction of sp³-hybridized carbons (Fsp3) is 0.455. The first-order valence-corrected chi connectivity index (χ1v) is 5.23. The van der Waals surface area contributed by atoms with E-state index in [-0.39, 0.29) is 11.7 Å². The number of Topliss-reactive ketones (excluding diaryl/α,β-unsaturated/α-hetero) is 1. The normalized spacial score (nSPS) is 16.4. The summed E-state index contributed by atoms with van der Waals surface area (Å²) in [5.41, 5.74) is 1.43. The minimum absolute atomic E-state index is 0.161. The lowest BCUT2D eigenvalue weighted by molar-refractivity contribution is 0.0855. The van der Waals surface area contributed by atoms with Crippen molar-refractivity contribution >= 4 is 17.4 Å². The monoisotopic (exact) mass is 209 g/mol. The maximum Gasteiger partial charge on any atom is 0.169 e. The summed E-state index contributed by atoms with van der Waals surface area (Å²) in [5, 5.41) is 0.349. The van der Waals surface area contributed by atoms with Crippen LogP contribution in [0.5, 0.6) is 0 Å². The Bertz CT molecular complexity index is 372. The third kappa shape index (κ3) is 1.67. The molecule has 0 saturated heterocycles. The van der Waals surface area contributed by atoms with Crippen molar-refractivity contribution in [3.05, 3.63) is 28.5 Å². The van der Waals surface area contributed by atoms with Gasteiger partial charge in [0.2, 0.25) is 0 Å². The van der Waals surface area contributed by atoms with Crippen LogP contribution >= 0.6 is 11.6 Å². The summed E-state index contributed by atoms with van der Waals surface area (Å²) in [6.45, 7) is 1.86. The molecule has 0 aromatic carbocycles. The summed E-state index contributed by atoms with van der Waals surface area (Å²) in [6, 6.07) is 3.61. The fourth-order valence-corrected chi connectivity index (χ4v) is 1.89. The van der Waals surface area contributed by atoms with E-state index in [1.165, 1.54) is 0 Å². The van der Waals surface area contributed by atoms with E-state index >= 15 is 0 Å². The average Bonchev–Trinajstić information content (AvgIpc) is 2.00. The maximum atomic E-state index is 11.8. The van der Waals surface area contributed by atoms with Crippen molar-refractivity contribution in [1.82, 2.24) is 4.98 Å². The first-order valence-electron chi connectivity index (χ1n) is 4.86. The van der Waals surface area contributed by atoms with Gasteiger partial charge in [0.05, 0.1) is 5.56 Å². The molecule has 0 spiro atoms. The second kappa shape index (κ2) is 3.70. The van der Waals surface area contributed by atoms with Gasteiger partial charge in [-0.15, -0.1) is 0 Å². The molecule has 14 heavy (non-hydrogen) atoms. The fourth-order valence-electron chi connectivity index (χ4n) is 1.60. The Morgan fingerprint density at radius 2 is 2.21 bits per heavy atom. The molecular weight excluding hydrogens is 198 g/mol. The number of hydrogen-bond donors (Lipinski definition) is 0. The van der Waals surface area contributed by atoms with Crippen LogP contribution < -0.4 is 0 Å². The van der Waals surface area contributed by atoms with Crippen molar-refractivity contribution < 1.29 is 4.79 Å². The molecule has 0 atom stereocenters. The van der Waals surface area contributed by atoms with E-state index in [2.05, 4.69) is 4.98 Å². The van der Waals surface area contributed by atoms with Crippen molar-refractivity contribution in [2.75, 3.05) is 0 Å². The Morgan fingerprint density at radius 3 is 2.71 bits per heavy atom. The number of halogens is 1. The third-order valence-electron chi connectivity index (χ3n) is 2.73. The van der Waals surface area contributed by atoms with Crippen LogP contribution in [-0.2, 0) is 0 Å². The number of carbonyl (C=O) groups excluding carboxylic acids is 1. The molecule has 1 saturated carbocycles. The van der Waals surface area contributed by atoms with Gasteiger partial charge in [-0.1, -0.05) is 18.0 Å². The number of rotatable bonds is 2. The van der Waals surface area contributed by atoms with Crippen LogP contribution in [0.25, 0.3) is 0 Å². The summed E-state index contributed by atoms with van der Waals surface area (Å²) < 4.78 is 0. The minimum atomic E-state index is 0.161. The first kappa shape index (κ1) is 9.66. The highest BCUT2D eigenvalue weighted by Gasteiger charge is 2.27. The largest absolute Gasteiger partial charge is 0.294 e. The summed E-state index contributed by atoms with van der Waals surface area (Å²) >= 11 is 5.92. The van der Waals surface area contributed by atoms with E-state index in [1.54, 1.807) is 6.07 Å². The molecule has 0 radical (unpaired) electrons. The van der Waals surface area contributed by atoms with Crippen LogP contribution in [0.1, 0.15) is 35.3 Å². The highest BCUT2D eigenvalue weighted by atomic mass is 35.5. The summed E-state index contributed by atoms with van der Waals surface area (Å²) in [5.74, 6) is 0.353. The highest BCUT2D eigenvalue weighted by molar-refractivity contribution is 6.32. The van der Waals surface area contributed by atoms with Crippen molar-refractivity contribution in [3.63, 3.8) is 0 Å². The molecule has 1 aromatic rings. The molecule has 1 aromatic heterocycles. The predicted octanol–water partition coefficient (Wildman–Crippen LogP) is 3.03. The van der Waals surface area contributed by atoms with Crippen molar-refractivity contribution in [2.24, 2.45) is 5.92 Å². The van der Waals surface area contributed by atoms with Gasteiger partial charge in [0.15, 0.2) is 5.78 Å². The van der Waals surface area contributed by atoms with E-state index in [0.717, 1.165) is 25.0 Å². The number of nitrogens with zero attached hydrogens (tertiary/aromatic N) is 1. The molecule has 3 heteroatoms. The summed E-state index contributed by atoms with van der Waals surface area (Å²) in [6.07, 6.45) is 3.17. The van der Waals surface area contributed by atoms with Crippen molar-refractivity contribution in [2.45, 2.75) is 26.2 Å². The molecule has 2 nitrogen and oxygen atoms in total. The van der Waals surface area contributed by atoms with E-state index in [1.807, 2.05) is 13.0 Å². The van der Waals surface area contributed by atoms with E-state index in [4.69, 9.17) is 11.6 Å². The van der Waals surface area contributed by atoms with Gasteiger partial charge >= 0.3 is 0 Å². The SMILES string of the molecule is Cc1ccc(C(=O)C2CCC2)c(Cl)n1. The van der Waals surface area contributed by atoms with Crippen LogP contribution in [0.15, 0.2) is 12.1 Å². The standard InChI is InChI=1S/C11H12ClNO/c1-7-5-6-9(11(12)13-7)10(14)8-3-2-4-8/h5-6,8H,2-4H2,1H3. The molecule has 1 aliphatic carbocycles. The quantitative estimate of drug-likeness (QED) is 0.554. The molecule has 2 rings (SSSR count). The molecule has 74 valence electrons. The molecule has 0 N–H and O–H groups in total.